The summed E-state index contributed by atoms with van der Waals surface area (Å²) in [6, 6.07) is 29.0. The molecule has 0 bridgehead atoms. The number of nitrogens with zero attached hydrogens (tertiary/aromatic N) is 10. The van der Waals surface area contributed by atoms with E-state index in [-0.39, 0.29) is 69.1 Å². The summed E-state index contributed by atoms with van der Waals surface area (Å²) in [5, 5.41) is 52.4. The third kappa shape index (κ3) is 6.87. The van der Waals surface area contributed by atoms with Crippen molar-refractivity contribution in [2.75, 3.05) is 0 Å². The van der Waals surface area contributed by atoms with Gasteiger partial charge in [0, 0.05) is 29.8 Å². The Morgan fingerprint density at radius 2 is 1.33 bits per heavy atom. The Kier molecular flexibility index (Phi) is 8.82. The molecule has 2 heterocycles. The van der Waals surface area contributed by atoms with Gasteiger partial charge in [-0.15, -0.1) is 10.2 Å². The Hall–Kier alpha value is -7.76. The maximum Gasteiger partial charge on any atom is 0.295 e. The highest BCUT2D eigenvalue weighted by molar-refractivity contribution is 5.98. The van der Waals surface area contributed by atoms with E-state index < -0.39 is 21.7 Å². The van der Waals surface area contributed by atoms with Crippen LogP contribution in [-0.2, 0) is 13.1 Å². The highest BCUT2D eigenvalue weighted by Crippen LogP contribution is 2.34. The predicted molar refractivity (Wildman–Crippen MR) is 183 cm³/mol. The van der Waals surface area contributed by atoms with Crippen molar-refractivity contribution in [1.29, 1.82) is 0 Å². The van der Waals surface area contributed by atoms with Crippen LogP contribution in [0.3, 0.4) is 0 Å². The summed E-state index contributed by atoms with van der Waals surface area (Å²) in [4.78, 5) is 50.6. The van der Waals surface area contributed by atoms with Crippen molar-refractivity contribution in [3.63, 3.8) is 0 Å². The number of H-pyrrole nitrogens is 1. The van der Waals surface area contributed by atoms with Crippen LogP contribution in [0.2, 0.25) is 0 Å². The van der Waals surface area contributed by atoms with Crippen LogP contribution in [0.15, 0.2) is 125 Å². The number of carbonyl (C=O) groups is 2. The van der Waals surface area contributed by atoms with E-state index in [1.54, 1.807) is 0 Å². The van der Waals surface area contributed by atoms with Crippen LogP contribution in [0.5, 0.6) is 0 Å². The van der Waals surface area contributed by atoms with Crippen molar-refractivity contribution < 1.29 is 19.4 Å². The van der Waals surface area contributed by atoms with Gasteiger partial charge in [-0.05, 0) is 23.3 Å². The Morgan fingerprint density at radius 1 is 0.731 bits per heavy atom. The molecule has 0 unspecified atom stereocenters. The molecule has 2 N–H and O–H groups in total. The number of aromatic nitrogens is 6. The number of fused-ring (bicyclic) bond motifs is 2. The van der Waals surface area contributed by atoms with Gasteiger partial charge in [0.2, 0.25) is 0 Å². The number of amides is 2. The average molecular weight is 697 g/mol. The van der Waals surface area contributed by atoms with Crippen LogP contribution in [0.4, 0.5) is 17.1 Å². The molecule has 0 spiro atoms. The van der Waals surface area contributed by atoms with Crippen LogP contribution < -0.4 is 10.8 Å². The summed E-state index contributed by atoms with van der Waals surface area (Å²) >= 11 is 0. The van der Waals surface area contributed by atoms with E-state index in [1.807, 2.05) is 60.7 Å². The number of hydrogen-bond acceptors (Lipinski definition) is 11. The van der Waals surface area contributed by atoms with E-state index >= 15 is 0 Å². The molecule has 7 rings (SSSR count). The Labute approximate surface area is 291 Å². The number of nitro benzene ring substituents is 2. The molecule has 4 aromatic carbocycles. The van der Waals surface area contributed by atoms with Crippen molar-refractivity contribution in [2.24, 2.45) is 15.3 Å². The second kappa shape index (κ2) is 14.0. The van der Waals surface area contributed by atoms with E-state index in [0.717, 1.165) is 23.3 Å². The summed E-state index contributed by atoms with van der Waals surface area (Å²) in [5.41, 5.74) is 4.32. The molecule has 256 valence electrons. The van der Waals surface area contributed by atoms with Gasteiger partial charge in [0.25, 0.3) is 23.2 Å². The molecule has 52 heavy (non-hydrogen) atoms. The molecule has 0 atom stereocenters. The number of rotatable bonds is 10. The molecule has 18 nitrogen and oxygen atoms in total. The molecular weight excluding hydrogens is 672 g/mol. The van der Waals surface area contributed by atoms with Gasteiger partial charge in [-0.25, -0.2) is 10.2 Å². The topological polar surface area (TPSA) is 234 Å². The van der Waals surface area contributed by atoms with Crippen LogP contribution in [0, 0.1) is 20.2 Å². The first-order chi connectivity index (χ1) is 25.2. The lowest BCUT2D eigenvalue weighted by Gasteiger charge is -2.03. The zero-order valence-electron chi connectivity index (χ0n) is 26.7. The van der Waals surface area contributed by atoms with Gasteiger partial charge in [-0.1, -0.05) is 72.8 Å². The number of nitrogens with one attached hydrogen (secondary N) is 2. The van der Waals surface area contributed by atoms with Crippen LogP contribution in [0.25, 0.3) is 22.4 Å². The molecular formula is C34H24N12O6. The maximum atomic E-state index is 13.2. The van der Waals surface area contributed by atoms with Crippen molar-refractivity contribution in [3.8, 4) is 11.4 Å². The van der Waals surface area contributed by atoms with Gasteiger partial charge in [-0.3, -0.25) is 34.9 Å². The Bertz CT molecular complexity index is 2520. The molecule has 1 aliphatic carbocycles. The van der Waals surface area contributed by atoms with Crippen molar-refractivity contribution in [3.05, 3.63) is 157 Å². The summed E-state index contributed by atoms with van der Waals surface area (Å²) in [6.45, 7) is 0.505. The number of aromatic amines is 1. The van der Waals surface area contributed by atoms with Crippen LogP contribution in [0.1, 0.15) is 31.8 Å². The zero-order valence-corrected chi connectivity index (χ0v) is 26.7. The number of hydrogen-bond donors (Lipinski definition) is 2. The molecule has 0 radical (unpaired) electrons. The Balaban J connectivity index is 1.40. The first-order valence-electron chi connectivity index (χ1n) is 15.5. The van der Waals surface area contributed by atoms with Crippen molar-refractivity contribution in [1.82, 2.24) is 35.4 Å². The second-order valence-electron chi connectivity index (χ2n) is 11.3. The van der Waals surface area contributed by atoms with Gasteiger partial charge in [0.15, 0.2) is 0 Å². The quantitative estimate of drug-likeness (QED) is 0.109. The normalized spacial score (nSPS) is 11.7. The lowest BCUT2D eigenvalue weighted by atomic mass is 10.1. The smallest absolute Gasteiger partial charge is 0.278 e. The van der Waals surface area contributed by atoms with E-state index in [1.165, 1.54) is 46.0 Å². The van der Waals surface area contributed by atoms with E-state index in [2.05, 4.69) is 36.1 Å². The zero-order chi connectivity index (χ0) is 36.2. The molecule has 1 aromatic heterocycles. The fourth-order valence-corrected chi connectivity index (χ4v) is 5.30. The standard InChI is InChI=1S/C34H24N12O6/c47-33(23-13-7-15-25(17-23)45(49)50)37-35-27-29-30(40-43(39-29)19-21-9-3-1-4-10-21)28(36-38-34(48)24-14-8-16-26(18-24)46(51)52)32-31(27)41-44(42-32)20-22-11-5-2-6-12-22/h1-18,39H,19-20H2,(H,38,48). The SMILES string of the molecule is O=C(N=Nc1c2[nH]n(Cc3ccccc3)nc-2c(=NNC(=O)c2cccc([N+](=O)[O-])c2)c2nn(Cc3ccccc3)nc12)c1cccc([N+](=O)[O-])c1. The molecule has 0 saturated carbocycles. The third-order valence-electron chi connectivity index (χ3n) is 7.74. The molecule has 5 aromatic rings. The minimum absolute atomic E-state index is 0.00980. The van der Waals surface area contributed by atoms with E-state index in [9.17, 15) is 29.8 Å². The number of azo groups is 1. The lowest BCUT2D eigenvalue weighted by molar-refractivity contribution is -0.385. The Morgan fingerprint density at radius 3 is 1.98 bits per heavy atom. The first kappa shape index (κ1) is 32.8. The van der Waals surface area contributed by atoms with E-state index in [0.29, 0.717) is 0 Å². The fourth-order valence-electron chi connectivity index (χ4n) is 5.30. The van der Waals surface area contributed by atoms with Gasteiger partial charge in [0.05, 0.1) is 28.5 Å². The van der Waals surface area contributed by atoms with Gasteiger partial charge in [0.1, 0.15) is 33.5 Å². The largest absolute Gasteiger partial charge is 0.295 e. The average Bonchev–Trinajstić information content (AvgIpc) is 3.77. The highest BCUT2D eigenvalue weighted by atomic mass is 16.6. The van der Waals surface area contributed by atoms with Crippen molar-refractivity contribution in [2.45, 2.75) is 13.1 Å². The predicted octanol–water partition coefficient (Wildman–Crippen LogP) is 5.14. The lowest BCUT2D eigenvalue weighted by Crippen LogP contribution is -2.23. The summed E-state index contributed by atoms with van der Waals surface area (Å²) in [7, 11) is 0. The first-order valence-corrected chi connectivity index (χ1v) is 15.5. The molecule has 2 amide bonds. The summed E-state index contributed by atoms with van der Waals surface area (Å²) in [5.74, 6) is -1.59. The third-order valence-corrected chi connectivity index (χ3v) is 7.74. The summed E-state index contributed by atoms with van der Waals surface area (Å²) < 4.78 is 0. The molecule has 0 saturated heterocycles. The van der Waals surface area contributed by atoms with Crippen LogP contribution in [-0.4, -0.2) is 51.6 Å². The second-order valence-corrected chi connectivity index (χ2v) is 11.3. The highest BCUT2D eigenvalue weighted by Gasteiger charge is 2.26. The van der Waals surface area contributed by atoms with Gasteiger partial charge < -0.3 is 0 Å². The fraction of sp³-hybridized carbons (Fsp3) is 0.0588. The molecule has 2 aliphatic rings. The number of carbonyl (C=O) groups excluding carboxylic acids is 2. The minimum Gasteiger partial charge on any atom is -0.278 e. The molecule has 1 aliphatic heterocycles. The minimum atomic E-state index is -0.851. The number of nitro groups is 2. The van der Waals surface area contributed by atoms with Crippen molar-refractivity contribution >= 4 is 39.9 Å². The molecule has 18 heteroatoms. The van der Waals surface area contributed by atoms with E-state index in [4.69, 9.17) is 5.10 Å². The molecule has 0 fully saturated rings. The van der Waals surface area contributed by atoms with Gasteiger partial charge >= 0.3 is 0 Å². The van der Waals surface area contributed by atoms with Crippen LogP contribution >= 0.6 is 0 Å². The summed E-state index contributed by atoms with van der Waals surface area (Å²) in [6.07, 6.45) is 0. The number of benzene rings is 5. The van der Waals surface area contributed by atoms with Gasteiger partial charge in [-0.2, -0.15) is 25.2 Å². The number of non-ortho nitro benzene ring substituents is 2. The monoisotopic (exact) mass is 696 g/mol. The maximum absolute atomic E-state index is 13.2.